The summed E-state index contributed by atoms with van der Waals surface area (Å²) in [4.78, 5) is 3.96. The van der Waals surface area contributed by atoms with Crippen LogP contribution in [0.2, 0.25) is 0 Å². The van der Waals surface area contributed by atoms with Gasteiger partial charge in [0.1, 0.15) is 5.75 Å². The topological polar surface area (TPSA) is 99.0 Å². The first-order valence-electron chi connectivity index (χ1n) is 5.94. The zero-order chi connectivity index (χ0) is 15.0. The smallest absolute Gasteiger partial charge is 0.187 e. The van der Waals surface area contributed by atoms with E-state index in [0.29, 0.717) is 35.1 Å². The van der Waals surface area contributed by atoms with Gasteiger partial charge in [0.15, 0.2) is 5.11 Å². The molecule has 0 aliphatic heterocycles. The van der Waals surface area contributed by atoms with Gasteiger partial charge in [-0.25, -0.2) is 0 Å². The lowest BCUT2D eigenvalue weighted by atomic mass is 10.1. The Labute approximate surface area is 122 Å². The van der Waals surface area contributed by atoms with Gasteiger partial charge < -0.3 is 20.3 Å². The highest BCUT2D eigenvalue weighted by Crippen LogP contribution is 2.21. The van der Waals surface area contributed by atoms with Crippen molar-refractivity contribution in [1.29, 1.82) is 0 Å². The summed E-state index contributed by atoms with van der Waals surface area (Å²) >= 11 is 4.99. The number of nitrogens with one attached hydrogen (secondary N) is 2. The number of aromatic hydroxyl groups is 1. The number of pyridine rings is 1. The van der Waals surface area contributed by atoms with E-state index in [4.69, 9.17) is 17.0 Å². The Morgan fingerprint density at radius 2 is 2.35 bits per heavy atom. The van der Waals surface area contributed by atoms with Gasteiger partial charge in [-0.1, -0.05) is 0 Å². The fraction of sp³-hybridized carbons (Fsp3) is 0.417. The van der Waals surface area contributed by atoms with Crippen LogP contribution in [0.3, 0.4) is 0 Å². The molecule has 0 amide bonds. The molecule has 0 spiro atoms. The quantitative estimate of drug-likeness (QED) is 0.254. The summed E-state index contributed by atoms with van der Waals surface area (Å²) in [5.74, 6) is -0.0136. The number of hydrogen-bond acceptors (Lipinski definition) is 6. The SMILES string of the molecule is COCCNC(=S)N/N=C/c1c(CO)cnc(C)c1O. The molecule has 0 aliphatic rings. The van der Waals surface area contributed by atoms with E-state index in [1.165, 1.54) is 12.4 Å². The molecule has 1 rings (SSSR count). The number of rotatable bonds is 6. The summed E-state index contributed by atoms with van der Waals surface area (Å²) in [6.45, 7) is 2.53. The minimum Gasteiger partial charge on any atom is -0.505 e. The number of methoxy groups -OCH3 is 1. The van der Waals surface area contributed by atoms with Crippen LogP contribution in [0, 0.1) is 6.92 Å². The summed E-state index contributed by atoms with van der Waals surface area (Å²) < 4.78 is 4.87. The van der Waals surface area contributed by atoms with E-state index in [2.05, 4.69) is 20.8 Å². The molecule has 0 unspecified atom stereocenters. The minimum atomic E-state index is -0.237. The molecule has 110 valence electrons. The molecule has 0 saturated carbocycles. The predicted octanol–water partition coefficient (Wildman–Crippen LogP) is 0.0323. The zero-order valence-corrected chi connectivity index (χ0v) is 12.2. The molecular formula is C12H18N4O3S. The third kappa shape index (κ3) is 4.72. The Kier molecular flexibility index (Phi) is 6.85. The fourth-order valence-corrected chi connectivity index (χ4v) is 1.54. The lowest BCUT2D eigenvalue weighted by molar-refractivity contribution is 0.204. The van der Waals surface area contributed by atoms with E-state index >= 15 is 0 Å². The molecule has 7 nitrogen and oxygen atoms in total. The molecule has 0 radical (unpaired) electrons. The molecule has 0 bridgehead atoms. The van der Waals surface area contributed by atoms with Crippen LogP contribution < -0.4 is 10.7 Å². The molecule has 0 fully saturated rings. The van der Waals surface area contributed by atoms with Crippen LogP contribution in [0.1, 0.15) is 16.8 Å². The third-order valence-corrected chi connectivity index (χ3v) is 2.72. The van der Waals surface area contributed by atoms with Gasteiger partial charge in [-0.15, -0.1) is 0 Å². The molecule has 0 aliphatic carbocycles. The highest BCUT2D eigenvalue weighted by Gasteiger charge is 2.09. The Balaban J connectivity index is 2.66. The maximum atomic E-state index is 9.89. The standard InChI is InChI=1S/C12H18N4O3S/c1-8-11(18)10(9(7-17)5-14-8)6-15-16-12(20)13-3-4-19-2/h5-6,17-18H,3-4,7H2,1-2H3,(H2,13,16,20)/b15-6+. The van der Waals surface area contributed by atoms with Crippen molar-refractivity contribution < 1.29 is 14.9 Å². The van der Waals surface area contributed by atoms with Crippen LogP contribution in [0.4, 0.5) is 0 Å². The average molecular weight is 298 g/mol. The maximum absolute atomic E-state index is 9.89. The van der Waals surface area contributed by atoms with Crippen LogP contribution in [0.15, 0.2) is 11.3 Å². The fourth-order valence-electron chi connectivity index (χ4n) is 1.38. The van der Waals surface area contributed by atoms with Gasteiger partial charge in [-0.05, 0) is 19.1 Å². The molecule has 20 heavy (non-hydrogen) atoms. The summed E-state index contributed by atoms with van der Waals surface area (Å²) in [6, 6.07) is 0. The monoisotopic (exact) mass is 298 g/mol. The average Bonchev–Trinajstić information content (AvgIpc) is 2.44. The van der Waals surface area contributed by atoms with Gasteiger partial charge in [0.05, 0.1) is 25.1 Å². The molecule has 0 aromatic carbocycles. The van der Waals surface area contributed by atoms with Crippen LogP contribution in [0.5, 0.6) is 5.75 Å². The summed E-state index contributed by atoms with van der Waals surface area (Å²) in [6.07, 6.45) is 2.88. The molecule has 1 aromatic heterocycles. The van der Waals surface area contributed by atoms with Crippen molar-refractivity contribution in [3.63, 3.8) is 0 Å². The number of aliphatic hydroxyl groups excluding tert-OH is 1. The Morgan fingerprint density at radius 1 is 1.60 bits per heavy atom. The van der Waals surface area contributed by atoms with Crippen molar-refractivity contribution in [1.82, 2.24) is 15.7 Å². The minimum absolute atomic E-state index is 0.0136. The highest BCUT2D eigenvalue weighted by atomic mass is 32.1. The van der Waals surface area contributed by atoms with Gasteiger partial charge >= 0.3 is 0 Å². The van der Waals surface area contributed by atoms with E-state index in [9.17, 15) is 10.2 Å². The van der Waals surface area contributed by atoms with Gasteiger partial charge in [0, 0.05) is 31.0 Å². The molecule has 4 N–H and O–H groups in total. The lowest BCUT2D eigenvalue weighted by Gasteiger charge is -2.08. The van der Waals surface area contributed by atoms with E-state index in [1.54, 1.807) is 14.0 Å². The lowest BCUT2D eigenvalue weighted by Crippen LogP contribution is -2.34. The molecule has 8 heteroatoms. The van der Waals surface area contributed by atoms with Crippen molar-refractivity contribution in [2.75, 3.05) is 20.3 Å². The number of thiocarbonyl (C=S) groups is 1. The number of aromatic nitrogens is 1. The van der Waals surface area contributed by atoms with Gasteiger partial charge in [0.25, 0.3) is 0 Å². The normalized spacial score (nSPS) is 10.8. The highest BCUT2D eigenvalue weighted by molar-refractivity contribution is 7.80. The maximum Gasteiger partial charge on any atom is 0.187 e. The summed E-state index contributed by atoms with van der Waals surface area (Å²) in [5.41, 5.74) is 3.96. The second kappa shape index (κ2) is 8.41. The number of hydrogen-bond donors (Lipinski definition) is 4. The van der Waals surface area contributed by atoms with Crippen molar-refractivity contribution in [3.8, 4) is 5.75 Å². The molecule has 0 saturated heterocycles. The number of aryl methyl sites for hydroxylation is 1. The zero-order valence-electron chi connectivity index (χ0n) is 11.4. The Hall–Kier alpha value is -1.77. The van der Waals surface area contributed by atoms with E-state index < -0.39 is 0 Å². The second-order valence-electron chi connectivity index (χ2n) is 3.91. The largest absolute Gasteiger partial charge is 0.505 e. The number of hydrazone groups is 1. The first-order chi connectivity index (χ1) is 9.60. The van der Waals surface area contributed by atoms with Crippen molar-refractivity contribution in [2.45, 2.75) is 13.5 Å². The third-order valence-electron chi connectivity index (χ3n) is 2.48. The molecule has 0 atom stereocenters. The van der Waals surface area contributed by atoms with Gasteiger partial charge in [-0.3, -0.25) is 10.4 Å². The molecular weight excluding hydrogens is 280 g/mol. The Bertz CT molecular complexity index is 494. The predicted molar refractivity (Wildman–Crippen MR) is 79.8 cm³/mol. The summed E-state index contributed by atoms with van der Waals surface area (Å²) in [7, 11) is 1.60. The van der Waals surface area contributed by atoms with Crippen LogP contribution >= 0.6 is 12.2 Å². The second-order valence-corrected chi connectivity index (χ2v) is 4.32. The first kappa shape index (κ1) is 16.3. The van der Waals surface area contributed by atoms with Crippen LogP contribution in [-0.4, -0.2) is 46.8 Å². The van der Waals surface area contributed by atoms with Gasteiger partial charge in [0.2, 0.25) is 0 Å². The molecule has 1 heterocycles. The Morgan fingerprint density at radius 3 is 3.00 bits per heavy atom. The first-order valence-corrected chi connectivity index (χ1v) is 6.35. The number of aliphatic hydroxyl groups is 1. The van der Waals surface area contributed by atoms with E-state index in [1.807, 2.05) is 0 Å². The van der Waals surface area contributed by atoms with Gasteiger partial charge in [-0.2, -0.15) is 5.10 Å². The van der Waals surface area contributed by atoms with Crippen molar-refractivity contribution in [2.24, 2.45) is 5.10 Å². The summed E-state index contributed by atoms with van der Waals surface area (Å²) in [5, 5.41) is 26.2. The van der Waals surface area contributed by atoms with Crippen LogP contribution in [0.25, 0.3) is 0 Å². The van der Waals surface area contributed by atoms with Crippen molar-refractivity contribution in [3.05, 3.63) is 23.0 Å². The van der Waals surface area contributed by atoms with Crippen molar-refractivity contribution >= 4 is 23.5 Å². The van der Waals surface area contributed by atoms with E-state index in [0.717, 1.165) is 0 Å². The van der Waals surface area contributed by atoms with Crippen LogP contribution in [-0.2, 0) is 11.3 Å². The molecule has 1 aromatic rings. The number of nitrogens with zero attached hydrogens (tertiary/aromatic N) is 2. The number of ether oxygens (including phenoxy) is 1. The van der Waals surface area contributed by atoms with E-state index in [-0.39, 0.29) is 12.4 Å².